The molecule has 5 heteroatoms. The molecular weight excluding hydrogens is 269 g/mol. The van der Waals surface area contributed by atoms with Gasteiger partial charge in [-0.25, -0.2) is 9.37 Å². The number of fused-ring (bicyclic) bond motifs is 1. The summed E-state index contributed by atoms with van der Waals surface area (Å²) in [5.74, 6) is -1.38. The highest BCUT2D eigenvalue weighted by molar-refractivity contribution is 6.30. The number of aromatic nitrogens is 1. The summed E-state index contributed by atoms with van der Waals surface area (Å²) in [6, 6.07) is 4.75. The van der Waals surface area contributed by atoms with Crippen molar-refractivity contribution in [3.63, 3.8) is 0 Å². The van der Waals surface area contributed by atoms with Gasteiger partial charge in [-0.3, -0.25) is 4.79 Å². The number of ether oxygens (including phenoxy) is 1. The first-order valence-electron chi connectivity index (χ1n) is 5.78. The number of halogens is 2. The normalized spacial score (nSPS) is 12.5. The summed E-state index contributed by atoms with van der Waals surface area (Å²) in [4.78, 5) is 15.6. The van der Waals surface area contributed by atoms with Gasteiger partial charge >= 0.3 is 5.97 Å². The molecule has 0 saturated heterocycles. The van der Waals surface area contributed by atoms with Crippen LogP contribution >= 0.6 is 11.6 Å². The van der Waals surface area contributed by atoms with Crippen molar-refractivity contribution in [3.05, 3.63) is 40.3 Å². The Morgan fingerprint density at radius 2 is 2.11 bits per heavy atom. The second kappa shape index (κ2) is 5.13. The van der Waals surface area contributed by atoms with Gasteiger partial charge in [0.15, 0.2) is 0 Å². The molecule has 0 spiro atoms. The number of nitrogens with zero attached hydrogens (tertiary/aromatic N) is 1. The van der Waals surface area contributed by atoms with Crippen molar-refractivity contribution < 1.29 is 13.9 Å². The van der Waals surface area contributed by atoms with E-state index in [0.717, 1.165) is 5.56 Å². The number of hydrogen-bond donors (Lipinski definition) is 0. The van der Waals surface area contributed by atoms with Crippen molar-refractivity contribution in [1.82, 2.24) is 4.98 Å². The third-order valence-electron chi connectivity index (χ3n) is 3.03. The Balaban J connectivity index is 2.76. The summed E-state index contributed by atoms with van der Waals surface area (Å²) in [6.07, 6.45) is 0. The average molecular weight is 282 g/mol. The van der Waals surface area contributed by atoms with Crippen LogP contribution < -0.4 is 0 Å². The van der Waals surface area contributed by atoms with Crippen LogP contribution in [0.25, 0.3) is 10.9 Å². The molecule has 1 atom stereocenters. The molecule has 0 radical (unpaired) electrons. The van der Waals surface area contributed by atoms with Gasteiger partial charge in [-0.2, -0.15) is 0 Å². The molecule has 0 fully saturated rings. The molecule has 19 heavy (non-hydrogen) atoms. The van der Waals surface area contributed by atoms with E-state index < -0.39 is 17.7 Å². The maximum atomic E-state index is 13.9. The molecule has 1 unspecified atom stereocenters. The standard InChI is InChI=1S/C14H13ClFNO2/c1-7-4-10-9(8(2)14(18)19-3)6-12(15)17-13(10)11(16)5-7/h4-6,8H,1-3H3. The van der Waals surface area contributed by atoms with Crippen LogP contribution in [0.1, 0.15) is 24.0 Å². The quantitative estimate of drug-likeness (QED) is 0.623. The predicted octanol–water partition coefficient (Wildman–Crippen LogP) is 3.61. The molecule has 0 N–H and O–H groups in total. The molecule has 0 amide bonds. The second-order valence-corrected chi connectivity index (χ2v) is 4.81. The van der Waals surface area contributed by atoms with E-state index in [-0.39, 0.29) is 10.7 Å². The SMILES string of the molecule is COC(=O)C(C)c1cc(Cl)nc2c(F)cc(C)cc12. The monoisotopic (exact) mass is 281 g/mol. The molecule has 0 aliphatic rings. The molecule has 1 aromatic heterocycles. The number of pyridine rings is 1. The predicted molar refractivity (Wildman–Crippen MR) is 71.9 cm³/mol. The molecule has 1 aromatic carbocycles. The molecule has 0 aliphatic heterocycles. The highest BCUT2D eigenvalue weighted by Crippen LogP contribution is 2.30. The molecule has 0 bridgehead atoms. The van der Waals surface area contributed by atoms with Crippen LogP contribution in [0.4, 0.5) is 4.39 Å². The van der Waals surface area contributed by atoms with E-state index in [1.807, 2.05) is 0 Å². The molecule has 2 rings (SSSR count). The Hall–Kier alpha value is -1.68. The first-order valence-corrected chi connectivity index (χ1v) is 6.16. The van der Waals surface area contributed by atoms with Gasteiger partial charge in [0, 0.05) is 5.39 Å². The summed E-state index contributed by atoms with van der Waals surface area (Å²) in [5, 5.41) is 0.737. The second-order valence-electron chi connectivity index (χ2n) is 4.42. The van der Waals surface area contributed by atoms with Crippen LogP contribution in [-0.4, -0.2) is 18.1 Å². The van der Waals surface area contributed by atoms with Crippen molar-refractivity contribution in [2.24, 2.45) is 0 Å². The summed E-state index contributed by atoms with van der Waals surface area (Å²) in [7, 11) is 1.32. The lowest BCUT2D eigenvalue weighted by Crippen LogP contribution is -2.11. The maximum Gasteiger partial charge on any atom is 0.312 e. The van der Waals surface area contributed by atoms with Gasteiger partial charge in [-0.05, 0) is 43.2 Å². The van der Waals surface area contributed by atoms with Gasteiger partial charge in [0.1, 0.15) is 16.5 Å². The maximum absolute atomic E-state index is 13.9. The van der Waals surface area contributed by atoms with Gasteiger partial charge in [0.2, 0.25) is 0 Å². The Labute approximate surface area is 115 Å². The smallest absolute Gasteiger partial charge is 0.312 e. The summed E-state index contributed by atoms with van der Waals surface area (Å²) < 4.78 is 18.6. The lowest BCUT2D eigenvalue weighted by atomic mass is 9.96. The van der Waals surface area contributed by atoms with E-state index in [1.54, 1.807) is 26.0 Å². The molecular formula is C14H13ClFNO2. The van der Waals surface area contributed by atoms with E-state index in [9.17, 15) is 9.18 Å². The molecule has 0 aliphatic carbocycles. The molecule has 0 saturated carbocycles. The zero-order valence-electron chi connectivity index (χ0n) is 10.8. The molecule has 1 heterocycles. The Morgan fingerprint density at radius 3 is 2.74 bits per heavy atom. The van der Waals surface area contributed by atoms with Gasteiger partial charge in [-0.1, -0.05) is 11.6 Å². The lowest BCUT2D eigenvalue weighted by Gasteiger charge is -2.13. The minimum Gasteiger partial charge on any atom is -0.469 e. The molecule has 3 nitrogen and oxygen atoms in total. The van der Waals surface area contributed by atoms with Crippen molar-refractivity contribution in [3.8, 4) is 0 Å². The minimum absolute atomic E-state index is 0.154. The van der Waals surface area contributed by atoms with Crippen LogP contribution in [0.5, 0.6) is 0 Å². The number of rotatable bonds is 2. The van der Waals surface area contributed by atoms with Crippen molar-refractivity contribution in [1.29, 1.82) is 0 Å². The summed E-state index contributed by atoms with van der Waals surface area (Å²) in [5.41, 5.74) is 1.54. The number of carbonyl (C=O) groups excluding carboxylic acids is 1. The van der Waals surface area contributed by atoms with Crippen LogP contribution in [-0.2, 0) is 9.53 Å². The topological polar surface area (TPSA) is 39.2 Å². The highest BCUT2D eigenvalue weighted by atomic mass is 35.5. The van der Waals surface area contributed by atoms with Gasteiger partial charge in [-0.15, -0.1) is 0 Å². The fourth-order valence-electron chi connectivity index (χ4n) is 2.08. The number of carbonyl (C=O) groups is 1. The Kier molecular flexibility index (Phi) is 3.71. The zero-order valence-corrected chi connectivity index (χ0v) is 11.6. The van der Waals surface area contributed by atoms with Crippen molar-refractivity contribution in [2.75, 3.05) is 7.11 Å². The van der Waals surface area contributed by atoms with Crippen molar-refractivity contribution in [2.45, 2.75) is 19.8 Å². The third-order valence-corrected chi connectivity index (χ3v) is 3.23. The number of hydrogen-bond acceptors (Lipinski definition) is 3. The molecule has 100 valence electrons. The summed E-state index contributed by atoms with van der Waals surface area (Å²) in [6.45, 7) is 3.47. The number of methoxy groups -OCH3 is 1. The zero-order chi connectivity index (χ0) is 14.2. The van der Waals surface area contributed by atoms with Gasteiger partial charge < -0.3 is 4.74 Å². The van der Waals surface area contributed by atoms with Crippen LogP contribution in [0, 0.1) is 12.7 Å². The number of benzene rings is 1. The Morgan fingerprint density at radius 1 is 1.42 bits per heavy atom. The first kappa shape index (κ1) is 13.7. The fraction of sp³-hybridized carbons (Fsp3) is 0.286. The van der Waals surface area contributed by atoms with Crippen LogP contribution in [0.2, 0.25) is 5.15 Å². The minimum atomic E-state index is -0.533. The van der Waals surface area contributed by atoms with Gasteiger partial charge in [0.25, 0.3) is 0 Å². The average Bonchev–Trinajstić information content (AvgIpc) is 2.37. The highest BCUT2D eigenvalue weighted by Gasteiger charge is 2.20. The van der Waals surface area contributed by atoms with Gasteiger partial charge in [0.05, 0.1) is 13.0 Å². The largest absolute Gasteiger partial charge is 0.469 e. The first-order chi connectivity index (χ1) is 8.93. The molecule has 2 aromatic rings. The lowest BCUT2D eigenvalue weighted by molar-refractivity contribution is -0.141. The number of esters is 1. The summed E-state index contributed by atoms with van der Waals surface area (Å²) >= 11 is 5.90. The van der Waals surface area contributed by atoms with E-state index >= 15 is 0 Å². The van der Waals surface area contributed by atoms with Crippen LogP contribution in [0.15, 0.2) is 18.2 Å². The van der Waals surface area contributed by atoms with E-state index in [1.165, 1.54) is 13.2 Å². The van der Waals surface area contributed by atoms with E-state index in [2.05, 4.69) is 4.98 Å². The van der Waals surface area contributed by atoms with Crippen LogP contribution in [0.3, 0.4) is 0 Å². The Bertz CT molecular complexity index is 657. The van der Waals surface area contributed by atoms with Crippen molar-refractivity contribution >= 4 is 28.5 Å². The fourth-order valence-corrected chi connectivity index (χ4v) is 2.28. The van der Waals surface area contributed by atoms with E-state index in [4.69, 9.17) is 16.3 Å². The van der Waals surface area contributed by atoms with E-state index in [0.29, 0.717) is 10.9 Å². The third kappa shape index (κ3) is 2.54. The number of aryl methyl sites for hydroxylation is 1.